The molecule has 0 fully saturated rings. The number of carbonyl (C=O) groups is 1. The van der Waals surface area contributed by atoms with Crippen LogP contribution in [0.4, 0.5) is 10.5 Å². The van der Waals surface area contributed by atoms with Gasteiger partial charge in [-0.1, -0.05) is 6.07 Å². The van der Waals surface area contributed by atoms with Crippen molar-refractivity contribution < 1.29 is 4.79 Å². The highest BCUT2D eigenvalue weighted by atomic mass is 16.2. The molecule has 3 heterocycles. The number of nitrogens with zero attached hydrogens (tertiary/aromatic N) is 4. The van der Waals surface area contributed by atoms with Crippen molar-refractivity contribution in [1.82, 2.24) is 20.1 Å². The highest BCUT2D eigenvalue weighted by Gasteiger charge is 2.25. The Morgan fingerprint density at radius 2 is 2.00 bits per heavy atom. The van der Waals surface area contributed by atoms with Crippen molar-refractivity contribution in [2.24, 2.45) is 0 Å². The molecule has 2 amide bonds. The quantitative estimate of drug-likeness (QED) is 0.923. The molecule has 0 saturated carbocycles. The largest absolute Gasteiger partial charge is 0.330 e. The second kappa shape index (κ2) is 5.92. The number of nitrogens with one attached hydrogen (secondary N) is 1. The molecule has 4 rings (SSSR count). The van der Waals surface area contributed by atoms with E-state index in [-0.39, 0.29) is 6.03 Å². The Kier molecular flexibility index (Phi) is 3.75. The first kappa shape index (κ1) is 15.2. The number of benzene rings is 1. The zero-order chi connectivity index (χ0) is 16.7. The summed E-state index contributed by atoms with van der Waals surface area (Å²) >= 11 is 0. The number of hydrogen-bond acceptors (Lipinski definition) is 3. The van der Waals surface area contributed by atoms with Gasteiger partial charge < -0.3 is 9.88 Å². The molecule has 2 aromatic rings. The Morgan fingerprint density at radius 1 is 1.17 bits per heavy atom. The zero-order valence-electron chi connectivity index (χ0n) is 14.3. The van der Waals surface area contributed by atoms with Gasteiger partial charge >= 0.3 is 6.03 Å². The molecule has 0 unspecified atom stereocenters. The summed E-state index contributed by atoms with van der Waals surface area (Å²) in [4.78, 5) is 14.6. The number of rotatable bonds is 2. The van der Waals surface area contributed by atoms with Crippen LogP contribution in [0.1, 0.15) is 41.2 Å². The van der Waals surface area contributed by atoms with Gasteiger partial charge in [0.25, 0.3) is 0 Å². The third-order valence-corrected chi connectivity index (χ3v) is 5.02. The summed E-state index contributed by atoms with van der Waals surface area (Å²) < 4.78 is 2.12. The number of fused-ring (bicyclic) bond motifs is 2. The number of carbonyl (C=O) groups excluding carboxylic acids is 1. The molecule has 1 N–H and O–H groups in total. The van der Waals surface area contributed by atoms with Crippen LogP contribution in [0.5, 0.6) is 0 Å². The first-order valence-electron chi connectivity index (χ1n) is 8.70. The summed E-state index contributed by atoms with van der Waals surface area (Å²) in [6.45, 7) is 6.37. The highest BCUT2D eigenvalue weighted by Crippen LogP contribution is 2.31. The van der Waals surface area contributed by atoms with Gasteiger partial charge in [0.15, 0.2) is 5.82 Å². The minimum Gasteiger partial charge on any atom is -0.330 e. The maximum absolute atomic E-state index is 12.7. The average molecular weight is 325 g/mol. The third kappa shape index (κ3) is 2.56. The Hall–Kier alpha value is -2.37. The predicted molar refractivity (Wildman–Crippen MR) is 92.2 cm³/mol. The van der Waals surface area contributed by atoms with E-state index >= 15 is 0 Å². The van der Waals surface area contributed by atoms with E-state index in [0.29, 0.717) is 6.54 Å². The van der Waals surface area contributed by atoms with Crippen LogP contribution in [0.2, 0.25) is 0 Å². The second-order valence-electron chi connectivity index (χ2n) is 6.78. The minimum absolute atomic E-state index is 0.0451. The van der Waals surface area contributed by atoms with Crippen LogP contribution < -0.4 is 10.2 Å². The van der Waals surface area contributed by atoms with Crippen molar-refractivity contribution in [3.05, 3.63) is 40.5 Å². The van der Waals surface area contributed by atoms with Gasteiger partial charge in [0.2, 0.25) is 0 Å². The molecule has 0 saturated heterocycles. The lowest BCUT2D eigenvalue weighted by atomic mass is 9.95. The van der Waals surface area contributed by atoms with Crippen LogP contribution in [0, 0.1) is 13.8 Å². The molecule has 0 radical (unpaired) electrons. The van der Waals surface area contributed by atoms with E-state index in [1.54, 1.807) is 0 Å². The SMILES string of the molecule is Cc1cc(C)c2c(c1)N(C(=O)NCc1nnc3n1CCC3)CCC2. The lowest BCUT2D eigenvalue weighted by molar-refractivity contribution is 0.245. The maximum Gasteiger partial charge on any atom is 0.322 e. The lowest BCUT2D eigenvalue weighted by Gasteiger charge is -2.31. The number of aromatic nitrogens is 3. The van der Waals surface area contributed by atoms with E-state index in [1.807, 2.05) is 4.90 Å². The molecule has 24 heavy (non-hydrogen) atoms. The van der Waals surface area contributed by atoms with Crippen LogP contribution in [0.3, 0.4) is 0 Å². The number of urea groups is 1. The van der Waals surface area contributed by atoms with Crippen molar-refractivity contribution in [1.29, 1.82) is 0 Å². The Bertz CT molecular complexity index is 795. The molecule has 2 aliphatic rings. The first-order valence-corrected chi connectivity index (χ1v) is 8.70. The fraction of sp³-hybridized carbons (Fsp3) is 0.500. The second-order valence-corrected chi connectivity index (χ2v) is 6.78. The molecule has 6 heteroatoms. The van der Waals surface area contributed by atoms with E-state index in [0.717, 1.165) is 56.1 Å². The standard InChI is InChI=1S/C18H23N5O/c1-12-9-13(2)14-5-3-7-22(15(14)10-12)18(24)19-11-17-21-20-16-6-4-8-23(16)17/h9-10H,3-8,11H2,1-2H3,(H,19,24). The molecule has 0 bridgehead atoms. The fourth-order valence-corrected chi connectivity index (χ4v) is 3.88. The van der Waals surface area contributed by atoms with E-state index < -0.39 is 0 Å². The van der Waals surface area contributed by atoms with E-state index in [2.05, 4.69) is 46.1 Å². The van der Waals surface area contributed by atoms with Gasteiger partial charge in [-0.15, -0.1) is 10.2 Å². The van der Waals surface area contributed by atoms with Gasteiger partial charge in [-0.3, -0.25) is 4.90 Å². The zero-order valence-corrected chi connectivity index (χ0v) is 14.3. The van der Waals surface area contributed by atoms with Crippen LogP contribution in [0.15, 0.2) is 12.1 Å². The minimum atomic E-state index is -0.0451. The molecule has 2 aliphatic heterocycles. The number of anilines is 1. The normalized spacial score (nSPS) is 16.0. The number of hydrogen-bond donors (Lipinski definition) is 1. The summed E-state index contributed by atoms with van der Waals surface area (Å²) in [5.41, 5.74) is 4.83. The van der Waals surface area contributed by atoms with Crippen LogP contribution in [0.25, 0.3) is 0 Å². The van der Waals surface area contributed by atoms with Gasteiger partial charge in [0.05, 0.1) is 6.54 Å². The van der Waals surface area contributed by atoms with Gasteiger partial charge in [-0.25, -0.2) is 4.79 Å². The monoisotopic (exact) mass is 325 g/mol. The molecule has 1 aromatic heterocycles. The van der Waals surface area contributed by atoms with Gasteiger partial charge in [0, 0.05) is 25.2 Å². The van der Waals surface area contributed by atoms with Crippen molar-refractivity contribution in [3.8, 4) is 0 Å². The number of aryl methyl sites for hydroxylation is 3. The van der Waals surface area contributed by atoms with Gasteiger partial charge in [0.1, 0.15) is 5.82 Å². The Morgan fingerprint density at radius 3 is 2.88 bits per heavy atom. The summed E-state index contributed by atoms with van der Waals surface area (Å²) in [6.07, 6.45) is 4.15. The fourth-order valence-electron chi connectivity index (χ4n) is 3.88. The topological polar surface area (TPSA) is 63.1 Å². The van der Waals surface area contributed by atoms with E-state index in [9.17, 15) is 4.79 Å². The lowest BCUT2D eigenvalue weighted by Crippen LogP contribution is -2.43. The molecule has 6 nitrogen and oxygen atoms in total. The summed E-state index contributed by atoms with van der Waals surface area (Å²) in [6, 6.07) is 4.27. The Labute approximate surface area is 141 Å². The molecule has 126 valence electrons. The van der Waals surface area contributed by atoms with Gasteiger partial charge in [-0.2, -0.15) is 0 Å². The third-order valence-electron chi connectivity index (χ3n) is 5.02. The maximum atomic E-state index is 12.7. The summed E-state index contributed by atoms with van der Waals surface area (Å²) in [5, 5.41) is 11.4. The molecule has 0 atom stereocenters. The van der Waals surface area contributed by atoms with E-state index in [1.165, 1.54) is 16.7 Å². The molecule has 1 aromatic carbocycles. The Balaban J connectivity index is 1.51. The molecule has 0 aliphatic carbocycles. The molecular weight excluding hydrogens is 302 g/mol. The van der Waals surface area contributed by atoms with Gasteiger partial charge in [-0.05, 0) is 55.9 Å². The first-order chi connectivity index (χ1) is 11.6. The van der Waals surface area contributed by atoms with Crippen LogP contribution in [-0.2, 0) is 25.9 Å². The predicted octanol–water partition coefficient (Wildman–Crippen LogP) is 2.50. The highest BCUT2D eigenvalue weighted by molar-refractivity contribution is 5.93. The summed E-state index contributed by atoms with van der Waals surface area (Å²) in [7, 11) is 0. The van der Waals surface area contributed by atoms with E-state index in [4.69, 9.17) is 0 Å². The van der Waals surface area contributed by atoms with Crippen LogP contribution >= 0.6 is 0 Å². The average Bonchev–Trinajstić information content (AvgIpc) is 3.16. The van der Waals surface area contributed by atoms with Crippen molar-refractivity contribution in [3.63, 3.8) is 0 Å². The van der Waals surface area contributed by atoms with Crippen molar-refractivity contribution in [2.45, 2.75) is 52.6 Å². The molecule has 0 spiro atoms. The molecular formula is C18H23N5O. The van der Waals surface area contributed by atoms with Crippen molar-refractivity contribution in [2.75, 3.05) is 11.4 Å². The smallest absolute Gasteiger partial charge is 0.322 e. The number of amides is 2. The van der Waals surface area contributed by atoms with Crippen molar-refractivity contribution >= 4 is 11.7 Å². The summed E-state index contributed by atoms with van der Waals surface area (Å²) in [5.74, 6) is 1.89. The van der Waals surface area contributed by atoms with Crippen LogP contribution in [-0.4, -0.2) is 27.3 Å².